The molecule has 0 unspecified atom stereocenters. The molecule has 0 heterocycles. The van der Waals surface area contributed by atoms with E-state index >= 15 is 0 Å². The molecule has 0 aliphatic rings. The highest BCUT2D eigenvalue weighted by atomic mass is 14.9. The molecule has 1 nitrogen and oxygen atoms in total. The zero-order valence-electron chi connectivity index (χ0n) is 14.2. The number of benzene rings is 1. The Morgan fingerprint density at radius 2 is 1.40 bits per heavy atom. The molecule has 1 heteroatoms. The third-order valence-corrected chi connectivity index (χ3v) is 3.90. The first-order chi connectivity index (χ1) is 9.31. The van der Waals surface area contributed by atoms with Crippen molar-refractivity contribution in [3.63, 3.8) is 0 Å². The average Bonchev–Trinajstić information content (AvgIpc) is 2.36. The second-order valence-electron chi connectivity index (χ2n) is 7.59. The van der Waals surface area contributed by atoms with Crippen molar-refractivity contribution >= 4 is 0 Å². The summed E-state index contributed by atoms with van der Waals surface area (Å²) in [6.07, 6.45) is 2.53. The predicted octanol–water partition coefficient (Wildman–Crippen LogP) is 5.01. The highest BCUT2D eigenvalue weighted by molar-refractivity contribution is 5.23. The quantitative estimate of drug-likeness (QED) is 0.703. The second-order valence-corrected chi connectivity index (χ2v) is 7.59. The first-order valence-electron chi connectivity index (χ1n) is 8.10. The largest absolute Gasteiger partial charge is 0.313 e. The summed E-state index contributed by atoms with van der Waals surface area (Å²) in [6, 6.07) is 11.5. The van der Waals surface area contributed by atoms with Gasteiger partial charge in [0.25, 0.3) is 0 Å². The van der Waals surface area contributed by atoms with Crippen LogP contribution in [-0.4, -0.2) is 12.6 Å². The summed E-state index contributed by atoms with van der Waals surface area (Å²) in [6.45, 7) is 15.0. The maximum absolute atomic E-state index is 3.82. The van der Waals surface area contributed by atoms with Gasteiger partial charge in [0.15, 0.2) is 0 Å². The maximum atomic E-state index is 3.82. The monoisotopic (exact) mass is 275 g/mol. The Labute approximate surface area is 126 Å². The molecule has 1 rings (SSSR count). The van der Waals surface area contributed by atoms with Crippen LogP contribution in [0.4, 0.5) is 0 Å². The maximum Gasteiger partial charge on any atom is 0.00722 e. The fraction of sp³-hybridized carbons (Fsp3) is 0.684. The van der Waals surface area contributed by atoms with Crippen molar-refractivity contribution in [2.24, 2.45) is 11.8 Å². The number of hydrogen-bond acceptors (Lipinski definition) is 1. The molecule has 114 valence electrons. The van der Waals surface area contributed by atoms with Gasteiger partial charge >= 0.3 is 0 Å². The van der Waals surface area contributed by atoms with Crippen molar-refractivity contribution in [1.82, 2.24) is 5.32 Å². The van der Waals surface area contributed by atoms with E-state index in [0.717, 1.165) is 18.4 Å². The smallest absolute Gasteiger partial charge is 0.00722 e. The third kappa shape index (κ3) is 6.09. The van der Waals surface area contributed by atoms with Gasteiger partial charge in [-0.05, 0) is 30.2 Å². The fourth-order valence-electron chi connectivity index (χ4n) is 2.79. The molecule has 0 aliphatic carbocycles. The van der Waals surface area contributed by atoms with Crippen molar-refractivity contribution in [3.05, 3.63) is 35.9 Å². The van der Waals surface area contributed by atoms with Gasteiger partial charge in [0, 0.05) is 18.0 Å². The Kier molecular flexibility index (Phi) is 6.75. The Morgan fingerprint density at radius 3 is 1.85 bits per heavy atom. The van der Waals surface area contributed by atoms with E-state index in [-0.39, 0.29) is 5.41 Å². The first kappa shape index (κ1) is 17.2. The number of nitrogens with one attached hydrogen (secondary N) is 1. The van der Waals surface area contributed by atoms with Gasteiger partial charge in [-0.25, -0.2) is 0 Å². The minimum Gasteiger partial charge on any atom is -0.313 e. The average molecular weight is 275 g/mol. The van der Waals surface area contributed by atoms with Crippen molar-refractivity contribution < 1.29 is 0 Å². The molecule has 20 heavy (non-hydrogen) atoms. The van der Waals surface area contributed by atoms with Crippen LogP contribution < -0.4 is 5.32 Å². The minimum absolute atomic E-state index is 0.188. The summed E-state index contributed by atoms with van der Waals surface area (Å²) in [7, 11) is 0. The zero-order chi connectivity index (χ0) is 15.2. The summed E-state index contributed by atoms with van der Waals surface area (Å²) in [5.74, 6) is 1.51. The standard InChI is InChI=1S/C19H33N/c1-15(2)12-18(13-16(3)4)20-14-19(5,6)17-10-8-7-9-11-17/h7-11,15-16,18,20H,12-14H2,1-6H3. The Bertz CT molecular complexity index is 355. The van der Waals surface area contributed by atoms with Crippen LogP contribution in [0.5, 0.6) is 0 Å². The molecule has 1 N–H and O–H groups in total. The molecule has 1 aromatic carbocycles. The normalized spacial score (nSPS) is 12.7. The van der Waals surface area contributed by atoms with E-state index < -0.39 is 0 Å². The Hall–Kier alpha value is -0.820. The molecule has 0 bridgehead atoms. The number of hydrogen-bond donors (Lipinski definition) is 1. The highest BCUT2D eigenvalue weighted by Gasteiger charge is 2.22. The summed E-state index contributed by atoms with van der Waals surface area (Å²) in [5, 5.41) is 3.82. The van der Waals surface area contributed by atoms with E-state index in [4.69, 9.17) is 0 Å². The minimum atomic E-state index is 0.188. The molecule has 0 amide bonds. The molecular formula is C19H33N. The molecule has 1 aromatic rings. The van der Waals surface area contributed by atoms with Crippen LogP contribution in [-0.2, 0) is 5.41 Å². The molecular weight excluding hydrogens is 242 g/mol. The van der Waals surface area contributed by atoms with E-state index in [0.29, 0.717) is 6.04 Å². The van der Waals surface area contributed by atoms with Gasteiger partial charge in [0.05, 0.1) is 0 Å². The highest BCUT2D eigenvalue weighted by Crippen LogP contribution is 2.23. The van der Waals surface area contributed by atoms with Crippen LogP contribution >= 0.6 is 0 Å². The second kappa shape index (κ2) is 7.83. The lowest BCUT2D eigenvalue weighted by atomic mass is 9.84. The summed E-state index contributed by atoms with van der Waals surface area (Å²) in [4.78, 5) is 0. The molecule has 0 aromatic heterocycles. The van der Waals surface area contributed by atoms with Gasteiger partial charge in [0.1, 0.15) is 0 Å². The SMILES string of the molecule is CC(C)CC(CC(C)C)NCC(C)(C)c1ccccc1. The van der Waals surface area contributed by atoms with Crippen LogP contribution in [0.25, 0.3) is 0 Å². The lowest BCUT2D eigenvalue weighted by Gasteiger charge is -2.30. The first-order valence-corrected chi connectivity index (χ1v) is 8.10. The van der Waals surface area contributed by atoms with Gasteiger partial charge in [0.2, 0.25) is 0 Å². The van der Waals surface area contributed by atoms with Gasteiger partial charge in [-0.15, -0.1) is 0 Å². The van der Waals surface area contributed by atoms with Gasteiger partial charge in [-0.1, -0.05) is 71.9 Å². The van der Waals surface area contributed by atoms with E-state index in [1.54, 1.807) is 0 Å². The van der Waals surface area contributed by atoms with Gasteiger partial charge < -0.3 is 5.32 Å². The lowest BCUT2D eigenvalue weighted by Crippen LogP contribution is -2.40. The lowest BCUT2D eigenvalue weighted by molar-refractivity contribution is 0.331. The molecule has 0 fully saturated rings. The molecule has 0 saturated heterocycles. The van der Waals surface area contributed by atoms with Gasteiger partial charge in [-0.3, -0.25) is 0 Å². The van der Waals surface area contributed by atoms with E-state index in [9.17, 15) is 0 Å². The van der Waals surface area contributed by atoms with Gasteiger partial charge in [-0.2, -0.15) is 0 Å². The molecule has 0 radical (unpaired) electrons. The van der Waals surface area contributed by atoms with E-state index in [1.165, 1.54) is 18.4 Å². The van der Waals surface area contributed by atoms with Crippen LogP contribution in [0, 0.1) is 11.8 Å². The van der Waals surface area contributed by atoms with E-state index in [2.05, 4.69) is 77.2 Å². The van der Waals surface area contributed by atoms with Crippen LogP contribution in [0.3, 0.4) is 0 Å². The Balaban J connectivity index is 2.61. The molecule has 0 saturated carbocycles. The topological polar surface area (TPSA) is 12.0 Å². The van der Waals surface area contributed by atoms with Crippen molar-refractivity contribution in [2.75, 3.05) is 6.54 Å². The van der Waals surface area contributed by atoms with Crippen LogP contribution in [0.2, 0.25) is 0 Å². The Morgan fingerprint density at radius 1 is 0.900 bits per heavy atom. The number of rotatable bonds is 8. The summed E-state index contributed by atoms with van der Waals surface area (Å²) in [5.41, 5.74) is 1.60. The van der Waals surface area contributed by atoms with Crippen LogP contribution in [0.1, 0.15) is 59.9 Å². The summed E-state index contributed by atoms with van der Waals surface area (Å²) >= 11 is 0. The summed E-state index contributed by atoms with van der Waals surface area (Å²) < 4.78 is 0. The van der Waals surface area contributed by atoms with Crippen molar-refractivity contribution in [1.29, 1.82) is 0 Å². The molecule has 0 atom stereocenters. The predicted molar refractivity (Wildman–Crippen MR) is 90.2 cm³/mol. The van der Waals surface area contributed by atoms with E-state index in [1.807, 2.05) is 0 Å². The molecule has 0 spiro atoms. The molecule has 0 aliphatic heterocycles. The van der Waals surface area contributed by atoms with Crippen LogP contribution in [0.15, 0.2) is 30.3 Å². The fourth-order valence-corrected chi connectivity index (χ4v) is 2.79. The van der Waals surface area contributed by atoms with Crippen molar-refractivity contribution in [2.45, 2.75) is 65.8 Å². The zero-order valence-corrected chi connectivity index (χ0v) is 14.2. The van der Waals surface area contributed by atoms with Crippen molar-refractivity contribution in [3.8, 4) is 0 Å². The third-order valence-electron chi connectivity index (χ3n) is 3.90.